The lowest BCUT2D eigenvalue weighted by Crippen LogP contribution is -2.53. The molecule has 1 aliphatic rings. The van der Waals surface area contributed by atoms with Crippen LogP contribution in [0.2, 0.25) is 0 Å². The van der Waals surface area contributed by atoms with Gasteiger partial charge in [0, 0.05) is 12.3 Å². The number of hydrogen-bond donors (Lipinski definition) is 3. The van der Waals surface area contributed by atoms with Gasteiger partial charge < -0.3 is 20.5 Å². The minimum absolute atomic E-state index is 0.0410. The van der Waals surface area contributed by atoms with E-state index in [0.29, 0.717) is 6.42 Å². The number of aliphatic carboxylic acids is 1. The molecule has 2 aromatic carbocycles. The molecule has 3 rings (SSSR count). The summed E-state index contributed by atoms with van der Waals surface area (Å²) in [6, 6.07) is 13.9. The highest BCUT2D eigenvalue weighted by molar-refractivity contribution is 5.89. The average Bonchev–Trinajstić information content (AvgIpc) is 3.16. The molecule has 7 nitrogen and oxygen atoms in total. The van der Waals surface area contributed by atoms with Crippen LogP contribution in [-0.2, 0) is 14.3 Å². The number of carbonyl (C=O) groups excluding carboxylic acids is 2. The molecule has 0 radical (unpaired) electrons. The molecular formula is C27H30N2O5. The largest absolute Gasteiger partial charge is 0.480 e. The number of nitrogens with one attached hydrogen (secondary N) is 2. The highest BCUT2D eigenvalue weighted by Crippen LogP contribution is 2.44. The number of fused-ring (bicyclic) bond motifs is 3. The molecule has 0 saturated carbocycles. The standard InChI is InChI=1S/C27H30N2O5/c1-4-6-15-23(25(30)29-24(26(31)32)17(3)5-2)28-27(33)34-16-22-20-13-9-7-11-18(20)19-12-8-10-14-21(19)22/h7-14,17,22-24H,5,15-16H2,1-3H3,(H,28,33)(H,29,30)(H,31,32)/t17-,23?,24-/m0/s1. The van der Waals surface area contributed by atoms with E-state index < -0.39 is 30.1 Å². The average molecular weight is 463 g/mol. The predicted molar refractivity (Wildman–Crippen MR) is 129 cm³/mol. The summed E-state index contributed by atoms with van der Waals surface area (Å²) in [6.07, 6.45) is -0.133. The van der Waals surface area contributed by atoms with Crippen LogP contribution in [-0.4, -0.2) is 41.8 Å². The summed E-state index contributed by atoms with van der Waals surface area (Å²) in [7, 11) is 0. The smallest absolute Gasteiger partial charge is 0.407 e. The minimum atomic E-state index is -1.12. The number of alkyl carbamates (subject to hydrolysis) is 1. The Bertz CT molecular complexity index is 1070. The molecule has 34 heavy (non-hydrogen) atoms. The quantitative estimate of drug-likeness (QED) is 0.490. The molecule has 2 amide bonds. The second-order valence-electron chi connectivity index (χ2n) is 8.36. The van der Waals surface area contributed by atoms with Gasteiger partial charge in [0.2, 0.25) is 5.91 Å². The van der Waals surface area contributed by atoms with Gasteiger partial charge in [-0.05, 0) is 35.1 Å². The van der Waals surface area contributed by atoms with Gasteiger partial charge in [-0.15, -0.1) is 11.8 Å². The van der Waals surface area contributed by atoms with E-state index in [0.717, 1.165) is 22.3 Å². The molecule has 0 bridgehead atoms. The van der Waals surface area contributed by atoms with Gasteiger partial charge in [0.1, 0.15) is 18.7 Å². The third-order valence-electron chi connectivity index (χ3n) is 6.21. The molecule has 3 N–H and O–H groups in total. The van der Waals surface area contributed by atoms with Gasteiger partial charge in [-0.2, -0.15) is 0 Å². The number of rotatable bonds is 9. The van der Waals surface area contributed by atoms with Crippen molar-refractivity contribution in [2.24, 2.45) is 5.92 Å². The van der Waals surface area contributed by atoms with E-state index in [2.05, 4.69) is 22.5 Å². The Labute approximate surface area is 199 Å². The Kier molecular flexibility index (Phi) is 8.31. The molecule has 0 aliphatic heterocycles. The Morgan fingerprint density at radius 2 is 1.62 bits per heavy atom. The van der Waals surface area contributed by atoms with Gasteiger partial charge in [-0.3, -0.25) is 4.79 Å². The molecule has 178 valence electrons. The summed E-state index contributed by atoms with van der Waals surface area (Å²) in [5, 5.41) is 14.6. The second-order valence-corrected chi connectivity index (χ2v) is 8.36. The van der Waals surface area contributed by atoms with Crippen LogP contribution >= 0.6 is 0 Å². The van der Waals surface area contributed by atoms with E-state index in [1.54, 1.807) is 13.8 Å². The van der Waals surface area contributed by atoms with Crippen molar-refractivity contribution < 1.29 is 24.2 Å². The van der Waals surface area contributed by atoms with Gasteiger partial charge in [0.15, 0.2) is 0 Å². The fourth-order valence-corrected chi connectivity index (χ4v) is 4.13. The number of benzene rings is 2. The lowest BCUT2D eigenvalue weighted by Gasteiger charge is -2.23. The number of ether oxygens (including phenoxy) is 1. The lowest BCUT2D eigenvalue weighted by molar-refractivity contribution is -0.143. The zero-order chi connectivity index (χ0) is 24.7. The second kappa shape index (κ2) is 11.4. The SMILES string of the molecule is CC#CCC(NC(=O)OCC1c2ccccc2-c2ccccc21)C(=O)N[C@H](C(=O)O)[C@@H](C)CC. The molecule has 1 aliphatic carbocycles. The monoisotopic (exact) mass is 462 g/mol. The summed E-state index contributed by atoms with van der Waals surface area (Å²) >= 11 is 0. The fourth-order valence-electron chi connectivity index (χ4n) is 4.13. The first kappa shape index (κ1) is 24.8. The number of carboxylic acids is 1. The van der Waals surface area contributed by atoms with Crippen molar-refractivity contribution in [3.05, 3.63) is 59.7 Å². The molecule has 0 fully saturated rings. The molecular weight excluding hydrogens is 432 g/mol. The van der Waals surface area contributed by atoms with Crippen molar-refractivity contribution in [2.45, 2.75) is 51.6 Å². The van der Waals surface area contributed by atoms with Crippen LogP contribution in [0.1, 0.15) is 50.7 Å². The molecule has 7 heteroatoms. The Balaban J connectivity index is 1.68. The van der Waals surface area contributed by atoms with Crippen molar-refractivity contribution in [1.29, 1.82) is 0 Å². The Morgan fingerprint density at radius 3 is 2.15 bits per heavy atom. The summed E-state index contributed by atoms with van der Waals surface area (Å²) < 4.78 is 5.53. The maximum Gasteiger partial charge on any atom is 0.407 e. The van der Waals surface area contributed by atoms with Crippen LogP contribution in [0.4, 0.5) is 4.79 Å². The first-order chi connectivity index (χ1) is 16.4. The van der Waals surface area contributed by atoms with E-state index >= 15 is 0 Å². The zero-order valence-corrected chi connectivity index (χ0v) is 19.6. The molecule has 3 atom stereocenters. The fraction of sp³-hybridized carbons (Fsp3) is 0.370. The van der Waals surface area contributed by atoms with Crippen LogP contribution in [0, 0.1) is 17.8 Å². The number of carboxylic acid groups (broad SMARTS) is 1. The van der Waals surface area contributed by atoms with Crippen LogP contribution in [0.15, 0.2) is 48.5 Å². The third kappa shape index (κ3) is 5.57. The van der Waals surface area contributed by atoms with Gasteiger partial charge in [-0.1, -0.05) is 68.8 Å². The van der Waals surface area contributed by atoms with E-state index in [4.69, 9.17) is 4.74 Å². The van der Waals surface area contributed by atoms with Crippen molar-refractivity contribution in [2.75, 3.05) is 6.61 Å². The van der Waals surface area contributed by atoms with Crippen molar-refractivity contribution >= 4 is 18.0 Å². The Morgan fingerprint density at radius 1 is 1.03 bits per heavy atom. The zero-order valence-electron chi connectivity index (χ0n) is 19.6. The maximum atomic E-state index is 12.8. The van der Waals surface area contributed by atoms with Crippen LogP contribution in [0.25, 0.3) is 11.1 Å². The first-order valence-electron chi connectivity index (χ1n) is 11.4. The van der Waals surface area contributed by atoms with E-state index in [1.807, 2.05) is 55.5 Å². The molecule has 0 saturated heterocycles. The molecule has 0 spiro atoms. The van der Waals surface area contributed by atoms with Gasteiger partial charge in [0.05, 0.1) is 0 Å². The van der Waals surface area contributed by atoms with Gasteiger partial charge in [0.25, 0.3) is 0 Å². The maximum absolute atomic E-state index is 12.8. The molecule has 0 heterocycles. The van der Waals surface area contributed by atoms with E-state index in [-0.39, 0.29) is 24.9 Å². The van der Waals surface area contributed by atoms with E-state index in [9.17, 15) is 19.5 Å². The summed E-state index contributed by atoms with van der Waals surface area (Å²) in [5.74, 6) is 3.36. The van der Waals surface area contributed by atoms with Gasteiger partial charge >= 0.3 is 12.1 Å². The lowest BCUT2D eigenvalue weighted by atomic mass is 9.98. The van der Waals surface area contributed by atoms with Crippen LogP contribution < -0.4 is 10.6 Å². The van der Waals surface area contributed by atoms with E-state index in [1.165, 1.54) is 0 Å². The molecule has 1 unspecified atom stereocenters. The first-order valence-corrected chi connectivity index (χ1v) is 11.4. The number of hydrogen-bond acceptors (Lipinski definition) is 4. The summed E-state index contributed by atoms with van der Waals surface area (Å²) in [4.78, 5) is 37.0. The van der Waals surface area contributed by atoms with Gasteiger partial charge in [-0.25, -0.2) is 9.59 Å². The number of carbonyl (C=O) groups is 3. The van der Waals surface area contributed by atoms with Crippen LogP contribution in [0.3, 0.4) is 0 Å². The highest BCUT2D eigenvalue weighted by atomic mass is 16.5. The number of amides is 2. The highest BCUT2D eigenvalue weighted by Gasteiger charge is 2.31. The van der Waals surface area contributed by atoms with Crippen molar-refractivity contribution in [3.8, 4) is 23.0 Å². The Hall–Kier alpha value is -3.79. The summed E-state index contributed by atoms with van der Waals surface area (Å²) in [6.45, 7) is 5.33. The van der Waals surface area contributed by atoms with Crippen LogP contribution in [0.5, 0.6) is 0 Å². The van der Waals surface area contributed by atoms with Crippen molar-refractivity contribution in [3.63, 3.8) is 0 Å². The molecule has 0 aromatic heterocycles. The summed E-state index contributed by atoms with van der Waals surface area (Å²) in [5.41, 5.74) is 4.40. The predicted octanol–water partition coefficient (Wildman–Crippen LogP) is 3.92. The molecule has 2 aromatic rings. The minimum Gasteiger partial charge on any atom is -0.480 e. The topological polar surface area (TPSA) is 105 Å². The third-order valence-corrected chi connectivity index (χ3v) is 6.21. The normalized spacial score (nSPS) is 14.4. The van der Waals surface area contributed by atoms with Crippen molar-refractivity contribution in [1.82, 2.24) is 10.6 Å².